The fourth-order valence-corrected chi connectivity index (χ4v) is 2.32. The van der Waals surface area contributed by atoms with E-state index in [0.717, 1.165) is 35.3 Å². The van der Waals surface area contributed by atoms with Crippen molar-refractivity contribution in [1.29, 1.82) is 0 Å². The van der Waals surface area contributed by atoms with Crippen molar-refractivity contribution in [2.75, 3.05) is 6.54 Å². The number of hydrogen-bond donors (Lipinski definition) is 1. The SMILES string of the molecule is CCNCc1ccc(CSc2ccc(F)cc2)o1. The average molecular weight is 265 g/mol. The minimum atomic E-state index is -0.203. The molecule has 4 heteroatoms. The largest absolute Gasteiger partial charge is 0.464 e. The maximum atomic E-state index is 12.7. The Balaban J connectivity index is 1.86. The summed E-state index contributed by atoms with van der Waals surface area (Å²) in [6, 6.07) is 10.5. The molecule has 2 aromatic rings. The second kappa shape index (κ2) is 6.61. The summed E-state index contributed by atoms with van der Waals surface area (Å²) in [7, 11) is 0. The smallest absolute Gasteiger partial charge is 0.123 e. The molecular weight excluding hydrogens is 249 g/mol. The fraction of sp³-hybridized carbons (Fsp3) is 0.286. The van der Waals surface area contributed by atoms with Gasteiger partial charge in [0.2, 0.25) is 0 Å². The zero-order valence-electron chi connectivity index (χ0n) is 10.3. The third-order valence-corrected chi connectivity index (χ3v) is 3.50. The first-order valence-electron chi connectivity index (χ1n) is 5.94. The molecule has 0 saturated heterocycles. The van der Waals surface area contributed by atoms with Gasteiger partial charge in [0.25, 0.3) is 0 Å². The molecule has 0 bridgehead atoms. The Kier molecular flexibility index (Phi) is 4.84. The van der Waals surface area contributed by atoms with E-state index in [2.05, 4.69) is 12.2 Å². The molecule has 0 spiro atoms. The van der Waals surface area contributed by atoms with Crippen LogP contribution in [0.3, 0.4) is 0 Å². The number of furan rings is 1. The summed E-state index contributed by atoms with van der Waals surface area (Å²) in [6.07, 6.45) is 0. The first-order valence-corrected chi connectivity index (χ1v) is 6.93. The topological polar surface area (TPSA) is 25.2 Å². The van der Waals surface area contributed by atoms with Gasteiger partial charge in [-0.2, -0.15) is 0 Å². The molecule has 0 amide bonds. The predicted molar refractivity (Wildman–Crippen MR) is 72.0 cm³/mol. The zero-order chi connectivity index (χ0) is 12.8. The van der Waals surface area contributed by atoms with Gasteiger partial charge < -0.3 is 9.73 Å². The van der Waals surface area contributed by atoms with Gasteiger partial charge in [0.1, 0.15) is 17.3 Å². The highest BCUT2D eigenvalue weighted by Gasteiger charge is 2.03. The molecule has 18 heavy (non-hydrogen) atoms. The van der Waals surface area contributed by atoms with Gasteiger partial charge >= 0.3 is 0 Å². The molecule has 1 heterocycles. The third-order valence-electron chi connectivity index (χ3n) is 2.46. The van der Waals surface area contributed by atoms with Gasteiger partial charge in [0, 0.05) is 4.90 Å². The Hall–Kier alpha value is -1.26. The molecule has 0 unspecified atom stereocenters. The molecule has 0 aliphatic heterocycles. The minimum Gasteiger partial charge on any atom is -0.464 e. The van der Waals surface area contributed by atoms with Crippen LogP contribution in [0.2, 0.25) is 0 Å². The van der Waals surface area contributed by atoms with E-state index in [1.807, 2.05) is 12.1 Å². The number of thioether (sulfide) groups is 1. The lowest BCUT2D eigenvalue weighted by Gasteiger charge is -2.00. The highest BCUT2D eigenvalue weighted by Crippen LogP contribution is 2.23. The highest BCUT2D eigenvalue weighted by atomic mass is 32.2. The second-order valence-electron chi connectivity index (χ2n) is 3.89. The van der Waals surface area contributed by atoms with Crippen LogP contribution in [0.25, 0.3) is 0 Å². The normalized spacial score (nSPS) is 10.8. The maximum absolute atomic E-state index is 12.7. The van der Waals surface area contributed by atoms with Crippen molar-refractivity contribution in [2.45, 2.75) is 24.1 Å². The van der Waals surface area contributed by atoms with Gasteiger partial charge in [0.05, 0.1) is 12.3 Å². The molecule has 1 aromatic carbocycles. The standard InChI is InChI=1S/C14H16FNOS/c1-2-16-9-12-5-6-13(17-12)10-18-14-7-3-11(15)4-8-14/h3-8,16H,2,9-10H2,1H3. The van der Waals surface area contributed by atoms with Crippen LogP contribution >= 0.6 is 11.8 Å². The molecule has 0 atom stereocenters. The van der Waals surface area contributed by atoms with Crippen molar-refractivity contribution in [1.82, 2.24) is 5.32 Å². The van der Waals surface area contributed by atoms with Gasteiger partial charge in [-0.05, 0) is 42.9 Å². The second-order valence-corrected chi connectivity index (χ2v) is 4.94. The lowest BCUT2D eigenvalue weighted by molar-refractivity contribution is 0.463. The van der Waals surface area contributed by atoms with E-state index >= 15 is 0 Å². The molecule has 1 aromatic heterocycles. The minimum absolute atomic E-state index is 0.203. The van der Waals surface area contributed by atoms with Gasteiger partial charge in [-0.15, -0.1) is 11.8 Å². The number of benzene rings is 1. The van der Waals surface area contributed by atoms with Crippen LogP contribution in [0.5, 0.6) is 0 Å². The Labute approximate surface area is 111 Å². The summed E-state index contributed by atoms with van der Waals surface area (Å²) in [5.41, 5.74) is 0. The molecule has 1 N–H and O–H groups in total. The van der Waals surface area contributed by atoms with Crippen LogP contribution in [0.4, 0.5) is 4.39 Å². The monoisotopic (exact) mass is 265 g/mol. The lowest BCUT2D eigenvalue weighted by Crippen LogP contribution is -2.10. The van der Waals surface area contributed by atoms with Gasteiger partial charge in [-0.25, -0.2) is 4.39 Å². The zero-order valence-corrected chi connectivity index (χ0v) is 11.1. The Morgan fingerprint density at radius 2 is 1.83 bits per heavy atom. The number of hydrogen-bond acceptors (Lipinski definition) is 3. The van der Waals surface area contributed by atoms with Crippen molar-refractivity contribution in [3.05, 3.63) is 53.7 Å². The summed E-state index contributed by atoms with van der Waals surface area (Å²) >= 11 is 1.64. The fourth-order valence-electron chi connectivity index (χ4n) is 1.53. The van der Waals surface area contributed by atoms with Crippen molar-refractivity contribution < 1.29 is 8.81 Å². The lowest BCUT2D eigenvalue weighted by atomic mass is 10.4. The first-order chi connectivity index (χ1) is 8.78. The van der Waals surface area contributed by atoms with E-state index < -0.39 is 0 Å². The maximum Gasteiger partial charge on any atom is 0.123 e. The van der Waals surface area contributed by atoms with E-state index in [4.69, 9.17) is 4.42 Å². The molecule has 2 nitrogen and oxygen atoms in total. The average Bonchev–Trinajstić information content (AvgIpc) is 2.84. The van der Waals surface area contributed by atoms with Crippen molar-refractivity contribution >= 4 is 11.8 Å². The van der Waals surface area contributed by atoms with Gasteiger partial charge in [0.15, 0.2) is 0 Å². The molecule has 96 valence electrons. The number of nitrogens with one attached hydrogen (secondary N) is 1. The van der Waals surface area contributed by atoms with Crippen molar-refractivity contribution in [3.63, 3.8) is 0 Å². The van der Waals surface area contributed by atoms with E-state index in [9.17, 15) is 4.39 Å². The van der Waals surface area contributed by atoms with E-state index in [-0.39, 0.29) is 5.82 Å². The van der Waals surface area contributed by atoms with Crippen LogP contribution < -0.4 is 5.32 Å². The summed E-state index contributed by atoms with van der Waals surface area (Å²) in [5, 5.41) is 3.22. The van der Waals surface area contributed by atoms with Crippen LogP contribution in [0.15, 0.2) is 45.7 Å². The Morgan fingerprint density at radius 3 is 2.56 bits per heavy atom. The first kappa shape index (κ1) is 13.2. The number of rotatable bonds is 6. The third kappa shape index (κ3) is 3.89. The summed E-state index contributed by atoms with van der Waals surface area (Å²) in [6.45, 7) is 3.76. The Bertz CT molecular complexity index is 481. The van der Waals surface area contributed by atoms with E-state index in [1.165, 1.54) is 12.1 Å². The van der Waals surface area contributed by atoms with Crippen LogP contribution in [0.1, 0.15) is 18.4 Å². The van der Waals surface area contributed by atoms with Crippen LogP contribution in [-0.4, -0.2) is 6.54 Å². The van der Waals surface area contributed by atoms with Crippen LogP contribution in [-0.2, 0) is 12.3 Å². The molecule has 0 radical (unpaired) electrons. The molecule has 0 saturated carbocycles. The summed E-state index contributed by atoms with van der Waals surface area (Å²) in [5.74, 6) is 2.45. The quantitative estimate of drug-likeness (QED) is 0.804. The van der Waals surface area contributed by atoms with E-state index in [1.54, 1.807) is 23.9 Å². The van der Waals surface area contributed by atoms with E-state index in [0.29, 0.717) is 0 Å². The molecule has 0 aliphatic carbocycles. The Morgan fingerprint density at radius 1 is 1.11 bits per heavy atom. The molecule has 0 fully saturated rings. The summed E-state index contributed by atoms with van der Waals surface area (Å²) < 4.78 is 18.4. The highest BCUT2D eigenvalue weighted by molar-refractivity contribution is 7.98. The molecule has 0 aliphatic rings. The molecule has 2 rings (SSSR count). The van der Waals surface area contributed by atoms with Gasteiger partial charge in [-0.1, -0.05) is 6.92 Å². The van der Waals surface area contributed by atoms with Gasteiger partial charge in [-0.3, -0.25) is 0 Å². The predicted octanol–water partition coefficient (Wildman–Crippen LogP) is 3.82. The van der Waals surface area contributed by atoms with Crippen molar-refractivity contribution in [3.8, 4) is 0 Å². The van der Waals surface area contributed by atoms with Crippen LogP contribution in [0, 0.1) is 5.82 Å². The summed E-state index contributed by atoms with van der Waals surface area (Å²) in [4.78, 5) is 1.04. The van der Waals surface area contributed by atoms with Crippen molar-refractivity contribution in [2.24, 2.45) is 0 Å². The number of halogens is 1. The molecular formula is C14H16FNOS.